The number of rotatable bonds is 7. The van der Waals surface area contributed by atoms with Crippen molar-refractivity contribution in [2.75, 3.05) is 56.7 Å². The molecule has 2 fully saturated rings. The van der Waals surface area contributed by atoms with Crippen molar-refractivity contribution in [2.24, 2.45) is 0 Å². The highest BCUT2D eigenvalue weighted by atomic mass is 16.5. The van der Waals surface area contributed by atoms with Crippen molar-refractivity contribution in [2.45, 2.75) is 32.2 Å². The third-order valence-electron chi connectivity index (χ3n) is 7.25. The van der Waals surface area contributed by atoms with Gasteiger partial charge in [-0.2, -0.15) is 0 Å². The van der Waals surface area contributed by atoms with Crippen molar-refractivity contribution in [1.82, 2.24) is 14.7 Å². The number of carbonyl (C=O) groups is 3. The SMILES string of the molecule is CCN(CC)C(=O)CN1CN(c2ccccc2)C2(CCN(C(=O)Nc3ccccc3OC)CC2)C1=O. The van der Waals surface area contributed by atoms with Crippen molar-refractivity contribution in [3.05, 3.63) is 54.6 Å². The number of amides is 4. The lowest BCUT2D eigenvalue weighted by Gasteiger charge is -2.43. The third kappa shape index (κ3) is 4.82. The standard InChI is InChI=1S/C27H35N5O4/c1-4-29(5-2)24(33)19-31-20-32(21-11-7-6-8-12-21)27(25(31)34)15-17-30(18-16-27)26(35)28-22-13-9-10-14-23(22)36-3/h6-14H,4-5,15-20H2,1-3H3,(H,28,35). The number of benzene rings is 2. The molecular formula is C27H35N5O4. The van der Waals surface area contributed by atoms with Gasteiger partial charge in [-0.25, -0.2) is 4.79 Å². The maximum Gasteiger partial charge on any atom is 0.321 e. The van der Waals surface area contributed by atoms with Gasteiger partial charge < -0.3 is 29.7 Å². The summed E-state index contributed by atoms with van der Waals surface area (Å²) in [6.45, 7) is 6.37. The molecule has 2 heterocycles. The third-order valence-corrected chi connectivity index (χ3v) is 7.25. The van der Waals surface area contributed by atoms with Crippen LogP contribution in [0.2, 0.25) is 0 Å². The Balaban J connectivity index is 1.51. The van der Waals surface area contributed by atoms with Crippen LogP contribution >= 0.6 is 0 Å². The Labute approximate surface area is 212 Å². The molecule has 0 aromatic heterocycles. The predicted molar refractivity (Wildman–Crippen MR) is 139 cm³/mol. The summed E-state index contributed by atoms with van der Waals surface area (Å²) < 4.78 is 5.34. The molecule has 0 aliphatic carbocycles. The van der Waals surface area contributed by atoms with Gasteiger partial charge in [-0.05, 0) is 51.0 Å². The van der Waals surface area contributed by atoms with Crippen molar-refractivity contribution in [3.8, 4) is 5.75 Å². The number of carbonyl (C=O) groups excluding carboxylic acids is 3. The molecule has 192 valence electrons. The molecule has 9 heteroatoms. The molecule has 2 aliphatic heterocycles. The maximum absolute atomic E-state index is 13.8. The molecule has 2 aromatic carbocycles. The first-order chi connectivity index (χ1) is 17.4. The number of anilines is 2. The fourth-order valence-corrected chi connectivity index (χ4v) is 5.18. The number of likely N-dealkylation sites (N-methyl/N-ethyl adjacent to an activating group) is 1. The molecule has 2 aromatic rings. The summed E-state index contributed by atoms with van der Waals surface area (Å²) in [5, 5.41) is 2.93. The van der Waals surface area contributed by atoms with Crippen molar-refractivity contribution in [3.63, 3.8) is 0 Å². The maximum atomic E-state index is 13.8. The number of piperidine rings is 1. The zero-order chi connectivity index (χ0) is 25.7. The molecule has 2 saturated heterocycles. The molecule has 2 aliphatic rings. The monoisotopic (exact) mass is 493 g/mol. The van der Waals surface area contributed by atoms with Gasteiger partial charge in [-0.15, -0.1) is 0 Å². The van der Waals surface area contributed by atoms with Gasteiger partial charge in [-0.3, -0.25) is 9.59 Å². The molecule has 4 rings (SSSR count). The molecule has 0 bridgehead atoms. The van der Waals surface area contributed by atoms with E-state index in [0.717, 1.165) is 5.69 Å². The fourth-order valence-electron chi connectivity index (χ4n) is 5.18. The average Bonchev–Trinajstić information content (AvgIpc) is 3.16. The molecule has 0 atom stereocenters. The zero-order valence-electron chi connectivity index (χ0n) is 21.3. The number of nitrogens with zero attached hydrogens (tertiary/aromatic N) is 4. The molecule has 0 unspecified atom stereocenters. The van der Waals surface area contributed by atoms with Crippen LogP contribution in [0.3, 0.4) is 0 Å². The Kier molecular flexibility index (Phi) is 7.67. The lowest BCUT2D eigenvalue weighted by molar-refractivity contribution is -0.140. The molecule has 9 nitrogen and oxygen atoms in total. The van der Waals surface area contributed by atoms with E-state index in [1.165, 1.54) is 0 Å². The number of methoxy groups -OCH3 is 1. The van der Waals surface area contributed by atoms with Gasteiger partial charge in [0.2, 0.25) is 5.91 Å². The number of para-hydroxylation sites is 3. The molecular weight excluding hydrogens is 458 g/mol. The van der Waals surface area contributed by atoms with E-state index in [1.54, 1.807) is 33.9 Å². The van der Waals surface area contributed by atoms with E-state index in [-0.39, 0.29) is 24.4 Å². The number of urea groups is 1. The smallest absolute Gasteiger partial charge is 0.321 e. The number of likely N-dealkylation sites (tertiary alicyclic amines) is 1. The summed E-state index contributed by atoms with van der Waals surface area (Å²) in [6, 6.07) is 16.9. The summed E-state index contributed by atoms with van der Waals surface area (Å²) >= 11 is 0. The summed E-state index contributed by atoms with van der Waals surface area (Å²) in [4.78, 5) is 46.9. The van der Waals surface area contributed by atoms with Crippen LogP contribution in [0.4, 0.5) is 16.2 Å². The molecule has 0 saturated carbocycles. The lowest BCUT2D eigenvalue weighted by atomic mass is 9.85. The highest BCUT2D eigenvalue weighted by molar-refractivity contribution is 5.97. The first-order valence-corrected chi connectivity index (χ1v) is 12.5. The molecule has 4 amide bonds. The summed E-state index contributed by atoms with van der Waals surface area (Å²) in [5.74, 6) is 0.498. The van der Waals surface area contributed by atoms with E-state index in [4.69, 9.17) is 4.74 Å². The van der Waals surface area contributed by atoms with Gasteiger partial charge in [0.25, 0.3) is 5.91 Å². The van der Waals surface area contributed by atoms with Gasteiger partial charge >= 0.3 is 6.03 Å². The summed E-state index contributed by atoms with van der Waals surface area (Å²) in [6.07, 6.45) is 0.964. The Morgan fingerprint density at radius 3 is 2.28 bits per heavy atom. The van der Waals surface area contributed by atoms with Crippen LogP contribution in [0.1, 0.15) is 26.7 Å². The first-order valence-electron chi connectivity index (χ1n) is 12.5. The van der Waals surface area contributed by atoms with Crippen LogP contribution in [0.25, 0.3) is 0 Å². The Bertz CT molecular complexity index is 1080. The normalized spacial score (nSPS) is 16.9. The minimum atomic E-state index is -0.786. The van der Waals surface area contributed by atoms with Gasteiger partial charge in [0.1, 0.15) is 17.8 Å². The Morgan fingerprint density at radius 1 is 1.00 bits per heavy atom. The Morgan fingerprint density at radius 2 is 1.64 bits per heavy atom. The topological polar surface area (TPSA) is 85.4 Å². The van der Waals surface area contributed by atoms with Gasteiger partial charge in [0.05, 0.1) is 19.5 Å². The highest BCUT2D eigenvalue weighted by Gasteiger charge is 2.54. The number of ether oxygens (including phenoxy) is 1. The second-order valence-electron chi connectivity index (χ2n) is 9.12. The number of hydrogen-bond acceptors (Lipinski definition) is 5. The second-order valence-corrected chi connectivity index (χ2v) is 9.12. The quantitative estimate of drug-likeness (QED) is 0.640. The number of hydrogen-bond donors (Lipinski definition) is 1. The van der Waals surface area contributed by atoms with E-state index < -0.39 is 5.54 Å². The van der Waals surface area contributed by atoms with Crippen molar-refractivity contribution < 1.29 is 19.1 Å². The first kappa shape index (κ1) is 25.3. The van der Waals surface area contributed by atoms with Crippen molar-refractivity contribution >= 4 is 29.2 Å². The van der Waals surface area contributed by atoms with Gasteiger partial charge in [0.15, 0.2) is 0 Å². The van der Waals surface area contributed by atoms with Crippen LogP contribution in [-0.2, 0) is 9.59 Å². The molecule has 36 heavy (non-hydrogen) atoms. The zero-order valence-corrected chi connectivity index (χ0v) is 21.3. The molecule has 0 radical (unpaired) electrons. The van der Waals surface area contributed by atoms with Crippen LogP contribution in [0, 0.1) is 0 Å². The lowest BCUT2D eigenvalue weighted by Crippen LogP contribution is -2.58. The second kappa shape index (κ2) is 10.9. The predicted octanol–water partition coefficient (Wildman–Crippen LogP) is 3.24. The average molecular weight is 494 g/mol. The van der Waals surface area contributed by atoms with E-state index in [2.05, 4.69) is 10.2 Å². The largest absolute Gasteiger partial charge is 0.495 e. The molecule has 1 spiro atoms. The molecule has 1 N–H and O–H groups in total. The highest BCUT2D eigenvalue weighted by Crippen LogP contribution is 2.39. The van der Waals surface area contributed by atoms with Crippen LogP contribution in [-0.4, -0.2) is 84.6 Å². The van der Waals surface area contributed by atoms with Crippen LogP contribution in [0.5, 0.6) is 5.75 Å². The minimum absolute atomic E-state index is 0.0448. The minimum Gasteiger partial charge on any atom is -0.495 e. The van der Waals surface area contributed by atoms with E-state index in [0.29, 0.717) is 57.1 Å². The van der Waals surface area contributed by atoms with Gasteiger partial charge in [0, 0.05) is 31.9 Å². The Hall–Kier alpha value is -3.75. The number of nitrogens with one attached hydrogen (secondary N) is 1. The van der Waals surface area contributed by atoms with Crippen LogP contribution in [0.15, 0.2) is 54.6 Å². The van der Waals surface area contributed by atoms with Crippen molar-refractivity contribution in [1.29, 1.82) is 0 Å². The van der Waals surface area contributed by atoms with E-state index in [9.17, 15) is 14.4 Å². The fraction of sp³-hybridized carbons (Fsp3) is 0.444. The summed E-state index contributed by atoms with van der Waals surface area (Å²) in [7, 11) is 1.57. The van der Waals surface area contributed by atoms with E-state index >= 15 is 0 Å². The summed E-state index contributed by atoms with van der Waals surface area (Å²) in [5.41, 5.74) is 0.760. The van der Waals surface area contributed by atoms with E-state index in [1.807, 2.05) is 56.3 Å². The van der Waals surface area contributed by atoms with Gasteiger partial charge in [-0.1, -0.05) is 30.3 Å². The van der Waals surface area contributed by atoms with Crippen LogP contribution < -0.4 is 15.0 Å².